The van der Waals surface area contributed by atoms with Crippen molar-refractivity contribution in [3.05, 3.63) is 22.7 Å². The van der Waals surface area contributed by atoms with Crippen LogP contribution in [-0.4, -0.2) is 45.4 Å². The minimum atomic E-state index is -0.760. The maximum Gasteiger partial charge on any atom is 0.421 e. The SMILES string of the molecule is Cc1nc(N(C)C2C(=O)N(C(=O)OC(C)(C)C)C=CC2=S)cs1. The number of hydrogen-bond donors (Lipinski definition) is 0. The molecular formula is C15H19N3O3S2. The van der Waals surface area contributed by atoms with Gasteiger partial charge in [-0.2, -0.15) is 0 Å². The minimum Gasteiger partial charge on any atom is -0.443 e. The second kappa shape index (κ2) is 6.37. The molecule has 0 aliphatic carbocycles. The van der Waals surface area contributed by atoms with E-state index in [4.69, 9.17) is 17.0 Å². The van der Waals surface area contributed by atoms with Gasteiger partial charge in [-0.05, 0) is 33.8 Å². The summed E-state index contributed by atoms with van der Waals surface area (Å²) in [6.45, 7) is 7.12. The summed E-state index contributed by atoms with van der Waals surface area (Å²) in [5.74, 6) is 0.201. The number of imide groups is 1. The molecule has 0 spiro atoms. The third-order valence-corrected chi connectivity index (χ3v) is 4.19. The van der Waals surface area contributed by atoms with E-state index in [2.05, 4.69) is 4.98 Å². The van der Waals surface area contributed by atoms with Gasteiger partial charge in [0.2, 0.25) is 0 Å². The molecule has 0 N–H and O–H groups in total. The number of hydrogen-bond acceptors (Lipinski definition) is 7. The Hall–Kier alpha value is -1.80. The third-order valence-electron chi connectivity index (χ3n) is 3.07. The van der Waals surface area contributed by atoms with Crippen LogP contribution in [0.1, 0.15) is 25.8 Å². The Morgan fingerprint density at radius 2 is 2.13 bits per heavy atom. The molecule has 1 aromatic rings. The van der Waals surface area contributed by atoms with E-state index in [-0.39, 0.29) is 0 Å². The van der Waals surface area contributed by atoms with Crippen LogP contribution in [0.15, 0.2) is 17.7 Å². The molecule has 0 saturated heterocycles. The molecule has 1 unspecified atom stereocenters. The molecule has 0 fully saturated rings. The van der Waals surface area contributed by atoms with Gasteiger partial charge < -0.3 is 9.64 Å². The number of anilines is 1. The van der Waals surface area contributed by atoms with Crippen LogP contribution in [-0.2, 0) is 9.53 Å². The van der Waals surface area contributed by atoms with Gasteiger partial charge in [-0.3, -0.25) is 4.79 Å². The molecule has 124 valence electrons. The maximum absolute atomic E-state index is 12.7. The molecular weight excluding hydrogens is 334 g/mol. The Kier molecular flexibility index (Phi) is 4.86. The summed E-state index contributed by atoms with van der Waals surface area (Å²) in [7, 11) is 1.73. The molecule has 1 aromatic heterocycles. The summed E-state index contributed by atoms with van der Waals surface area (Å²) in [6.07, 6.45) is 2.21. The molecule has 2 heterocycles. The highest BCUT2D eigenvalue weighted by atomic mass is 32.1. The third kappa shape index (κ3) is 3.94. The first-order valence-electron chi connectivity index (χ1n) is 7.03. The van der Waals surface area contributed by atoms with Crippen molar-refractivity contribution < 1.29 is 14.3 Å². The molecule has 0 radical (unpaired) electrons. The highest BCUT2D eigenvalue weighted by Crippen LogP contribution is 2.23. The van der Waals surface area contributed by atoms with Crippen LogP contribution in [0, 0.1) is 6.92 Å². The number of thiazole rings is 1. The smallest absolute Gasteiger partial charge is 0.421 e. The lowest BCUT2D eigenvalue weighted by atomic mass is 10.1. The van der Waals surface area contributed by atoms with Gasteiger partial charge in [0.1, 0.15) is 17.5 Å². The Balaban J connectivity index is 2.25. The second-order valence-electron chi connectivity index (χ2n) is 6.14. The number of likely N-dealkylation sites (N-methyl/N-ethyl adjacent to an activating group) is 1. The summed E-state index contributed by atoms with van der Waals surface area (Å²) in [4.78, 5) is 32.3. The minimum absolute atomic E-state index is 0.433. The molecule has 0 saturated carbocycles. The molecule has 2 amide bonds. The number of amides is 2. The number of ether oxygens (including phenoxy) is 1. The first-order valence-corrected chi connectivity index (χ1v) is 8.32. The van der Waals surface area contributed by atoms with Crippen molar-refractivity contribution in [1.82, 2.24) is 9.88 Å². The van der Waals surface area contributed by atoms with Crippen LogP contribution in [0.5, 0.6) is 0 Å². The van der Waals surface area contributed by atoms with E-state index in [1.807, 2.05) is 12.3 Å². The van der Waals surface area contributed by atoms with Crippen LogP contribution in [0.25, 0.3) is 0 Å². The summed E-state index contributed by atoms with van der Waals surface area (Å²) in [6, 6.07) is -0.760. The Labute approximate surface area is 144 Å². The summed E-state index contributed by atoms with van der Waals surface area (Å²) in [5.41, 5.74) is -0.684. The second-order valence-corrected chi connectivity index (χ2v) is 7.68. The zero-order valence-electron chi connectivity index (χ0n) is 13.7. The molecule has 1 aliphatic rings. The standard InChI is InChI=1S/C15H19N3O3S2/c1-9-16-11(8-23-9)17(5)12-10(22)6-7-18(13(12)19)14(20)21-15(2,3)4/h6-8,12H,1-5H3. The van der Waals surface area contributed by atoms with Crippen molar-refractivity contribution in [3.8, 4) is 0 Å². The van der Waals surface area contributed by atoms with Crippen LogP contribution < -0.4 is 4.90 Å². The first-order chi connectivity index (χ1) is 10.6. The van der Waals surface area contributed by atoms with E-state index in [0.717, 1.165) is 9.91 Å². The van der Waals surface area contributed by atoms with E-state index >= 15 is 0 Å². The topological polar surface area (TPSA) is 62.7 Å². The van der Waals surface area contributed by atoms with Crippen molar-refractivity contribution in [2.24, 2.45) is 0 Å². The van der Waals surface area contributed by atoms with E-state index < -0.39 is 23.6 Å². The van der Waals surface area contributed by atoms with Crippen LogP contribution in [0.4, 0.5) is 10.6 Å². The lowest BCUT2D eigenvalue weighted by Crippen LogP contribution is -2.54. The van der Waals surface area contributed by atoms with Crippen molar-refractivity contribution in [3.63, 3.8) is 0 Å². The largest absolute Gasteiger partial charge is 0.443 e. The molecule has 0 aromatic carbocycles. The Morgan fingerprint density at radius 1 is 1.48 bits per heavy atom. The number of nitrogens with zero attached hydrogens (tertiary/aromatic N) is 3. The van der Waals surface area contributed by atoms with Gasteiger partial charge in [-0.15, -0.1) is 11.3 Å². The highest BCUT2D eigenvalue weighted by molar-refractivity contribution is 7.81. The number of aromatic nitrogens is 1. The number of carbonyl (C=O) groups excluding carboxylic acids is 2. The number of thiocarbonyl (C=S) groups is 1. The van der Waals surface area contributed by atoms with Gasteiger partial charge in [0.05, 0.1) is 5.01 Å². The zero-order chi connectivity index (χ0) is 17.4. The van der Waals surface area contributed by atoms with E-state index in [0.29, 0.717) is 10.7 Å². The van der Waals surface area contributed by atoms with Crippen molar-refractivity contribution >= 4 is 46.2 Å². The fourth-order valence-corrected chi connectivity index (χ4v) is 2.99. The van der Waals surface area contributed by atoms with Gasteiger partial charge in [0, 0.05) is 23.5 Å². The lowest BCUT2D eigenvalue weighted by molar-refractivity contribution is -0.128. The van der Waals surface area contributed by atoms with Crippen molar-refractivity contribution in [1.29, 1.82) is 0 Å². The summed E-state index contributed by atoms with van der Waals surface area (Å²) >= 11 is 6.77. The molecule has 6 nitrogen and oxygen atoms in total. The average Bonchev–Trinajstić information content (AvgIpc) is 2.83. The predicted molar refractivity (Wildman–Crippen MR) is 93.9 cm³/mol. The zero-order valence-corrected chi connectivity index (χ0v) is 15.3. The molecule has 23 heavy (non-hydrogen) atoms. The fourth-order valence-electron chi connectivity index (χ4n) is 2.03. The fraction of sp³-hybridized carbons (Fsp3) is 0.467. The normalized spacial score (nSPS) is 18.3. The Morgan fingerprint density at radius 3 is 2.65 bits per heavy atom. The molecule has 1 atom stereocenters. The van der Waals surface area contributed by atoms with E-state index in [1.165, 1.54) is 17.5 Å². The molecule has 1 aliphatic heterocycles. The molecule has 8 heteroatoms. The van der Waals surface area contributed by atoms with Gasteiger partial charge in [0.15, 0.2) is 0 Å². The van der Waals surface area contributed by atoms with Gasteiger partial charge >= 0.3 is 6.09 Å². The van der Waals surface area contributed by atoms with Gasteiger partial charge in [-0.1, -0.05) is 12.2 Å². The quantitative estimate of drug-likeness (QED) is 0.762. The van der Waals surface area contributed by atoms with Crippen LogP contribution in [0.3, 0.4) is 0 Å². The van der Waals surface area contributed by atoms with Gasteiger partial charge in [0.25, 0.3) is 5.91 Å². The molecule has 2 rings (SSSR count). The van der Waals surface area contributed by atoms with Gasteiger partial charge in [-0.25, -0.2) is 14.7 Å². The van der Waals surface area contributed by atoms with E-state index in [9.17, 15) is 9.59 Å². The van der Waals surface area contributed by atoms with Crippen molar-refractivity contribution in [2.75, 3.05) is 11.9 Å². The number of aryl methyl sites for hydroxylation is 1. The molecule has 0 bridgehead atoms. The van der Waals surface area contributed by atoms with Crippen LogP contribution in [0.2, 0.25) is 0 Å². The first kappa shape index (κ1) is 17.6. The predicted octanol–water partition coefficient (Wildman–Crippen LogP) is 2.92. The van der Waals surface area contributed by atoms with E-state index in [1.54, 1.807) is 38.8 Å². The highest BCUT2D eigenvalue weighted by Gasteiger charge is 2.38. The lowest BCUT2D eigenvalue weighted by Gasteiger charge is -2.33. The number of rotatable bonds is 2. The number of carbonyl (C=O) groups is 2. The van der Waals surface area contributed by atoms with Crippen molar-refractivity contribution in [2.45, 2.75) is 39.3 Å². The monoisotopic (exact) mass is 353 g/mol. The maximum atomic E-state index is 12.7. The summed E-state index contributed by atoms with van der Waals surface area (Å²) in [5, 5.41) is 2.74. The van der Waals surface area contributed by atoms with Crippen LogP contribution >= 0.6 is 23.6 Å². The average molecular weight is 353 g/mol. The summed E-state index contributed by atoms with van der Waals surface area (Å²) < 4.78 is 5.26. The Bertz CT molecular complexity index is 676.